The van der Waals surface area contributed by atoms with Crippen molar-refractivity contribution in [1.29, 1.82) is 0 Å². The third-order valence-corrected chi connectivity index (χ3v) is 2.59. The van der Waals surface area contributed by atoms with Gasteiger partial charge in [-0.3, -0.25) is 14.4 Å². The Hall–Kier alpha value is -1.59. The van der Waals surface area contributed by atoms with Crippen molar-refractivity contribution in [2.75, 3.05) is 19.6 Å². The van der Waals surface area contributed by atoms with Crippen LogP contribution in [0.25, 0.3) is 0 Å². The fourth-order valence-corrected chi connectivity index (χ4v) is 1.78. The smallest absolute Gasteiger partial charge is 0.303 e. The Balaban J connectivity index is 2.32. The molecule has 90 valence electrons. The molecule has 0 aliphatic carbocycles. The number of nitrogens with zero attached hydrogens (tertiary/aromatic N) is 1. The molecule has 0 radical (unpaired) electrons. The van der Waals surface area contributed by atoms with Gasteiger partial charge in [0.2, 0.25) is 11.8 Å². The topological polar surface area (TPSA) is 86.7 Å². The molecule has 0 aromatic heterocycles. The van der Waals surface area contributed by atoms with Gasteiger partial charge in [0.1, 0.15) is 0 Å². The van der Waals surface area contributed by atoms with E-state index in [1.165, 1.54) is 6.92 Å². The summed E-state index contributed by atoms with van der Waals surface area (Å²) >= 11 is 0. The highest BCUT2D eigenvalue weighted by Crippen LogP contribution is 2.19. The van der Waals surface area contributed by atoms with Crippen molar-refractivity contribution in [1.82, 2.24) is 10.2 Å². The predicted octanol–water partition coefficient (Wildman–Crippen LogP) is -0.554. The van der Waals surface area contributed by atoms with Crippen molar-refractivity contribution in [3.63, 3.8) is 0 Å². The highest BCUT2D eigenvalue weighted by molar-refractivity contribution is 5.83. The molecule has 6 nitrogen and oxygen atoms in total. The van der Waals surface area contributed by atoms with E-state index in [-0.39, 0.29) is 30.7 Å². The quantitative estimate of drug-likeness (QED) is 0.675. The van der Waals surface area contributed by atoms with Crippen LogP contribution in [0.3, 0.4) is 0 Å². The maximum atomic E-state index is 11.5. The van der Waals surface area contributed by atoms with Crippen molar-refractivity contribution in [3.8, 4) is 0 Å². The predicted molar refractivity (Wildman–Crippen MR) is 55.6 cm³/mol. The summed E-state index contributed by atoms with van der Waals surface area (Å²) in [6.45, 7) is 2.40. The molecule has 1 saturated heterocycles. The Morgan fingerprint density at radius 1 is 1.44 bits per heavy atom. The number of carboxylic acids is 1. The highest BCUT2D eigenvalue weighted by atomic mass is 16.4. The fraction of sp³-hybridized carbons (Fsp3) is 0.700. The van der Waals surface area contributed by atoms with E-state index in [0.717, 1.165) is 6.42 Å². The lowest BCUT2D eigenvalue weighted by Gasteiger charge is -2.16. The molecule has 1 atom stereocenters. The number of hydrogen-bond donors (Lipinski definition) is 2. The van der Waals surface area contributed by atoms with Crippen LogP contribution in [0, 0.1) is 5.92 Å². The van der Waals surface area contributed by atoms with Gasteiger partial charge in [0.05, 0.1) is 6.54 Å². The van der Waals surface area contributed by atoms with Crippen LogP contribution in [0.15, 0.2) is 0 Å². The molecule has 1 unspecified atom stereocenters. The molecule has 6 heteroatoms. The van der Waals surface area contributed by atoms with Gasteiger partial charge < -0.3 is 15.3 Å². The maximum Gasteiger partial charge on any atom is 0.303 e. The lowest BCUT2D eigenvalue weighted by molar-refractivity contribution is -0.138. The molecule has 16 heavy (non-hydrogen) atoms. The second-order valence-corrected chi connectivity index (χ2v) is 4.00. The van der Waals surface area contributed by atoms with Crippen LogP contribution < -0.4 is 5.32 Å². The van der Waals surface area contributed by atoms with Gasteiger partial charge in [-0.2, -0.15) is 0 Å². The fourth-order valence-electron chi connectivity index (χ4n) is 1.78. The molecule has 1 fully saturated rings. The SMILES string of the molecule is CC(=O)NCC(=O)N1CCC(CC(=O)O)C1. The lowest BCUT2D eigenvalue weighted by atomic mass is 10.1. The minimum atomic E-state index is -0.832. The minimum absolute atomic E-state index is 0.00484. The lowest BCUT2D eigenvalue weighted by Crippen LogP contribution is -2.38. The van der Waals surface area contributed by atoms with Crippen LogP contribution >= 0.6 is 0 Å². The number of rotatable bonds is 4. The Kier molecular flexibility index (Phi) is 4.28. The van der Waals surface area contributed by atoms with E-state index in [1.54, 1.807) is 4.90 Å². The van der Waals surface area contributed by atoms with Gasteiger partial charge in [-0.1, -0.05) is 0 Å². The molecule has 0 aromatic rings. The van der Waals surface area contributed by atoms with E-state index in [1.807, 2.05) is 0 Å². The van der Waals surface area contributed by atoms with Gasteiger partial charge in [-0.25, -0.2) is 0 Å². The molecule has 0 spiro atoms. The average molecular weight is 228 g/mol. The monoisotopic (exact) mass is 228 g/mol. The number of aliphatic carboxylic acids is 1. The van der Waals surface area contributed by atoms with Crippen LogP contribution in [0.2, 0.25) is 0 Å². The molecule has 2 N–H and O–H groups in total. The summed E-state index contributed by atoms with van der Waals surface area (Å²) in [6, 6.07) is 0. The maximum absolute atomic E-state index is 11.5. The number of likely N-dealkylation sites (tertiary alicyclic amines) is 1. The molecular weight excluding hydrogens is 212 g/mol. The van der Waals surface area contributed by atoms with E-state index in [9.17, 15) is 14.4 Å². The van der Waals surface area contributed by atoms with Crippen LogP contribution in [-0.4, -0.2) is 47.4 Å². The third kappa shape index (κ3) is 3.88. The van der Waals surface area contributed by atoms with Crippen LogP contribution in [0.4, 0.5) is 0 Å². The summed E-state index contributed by atoms with van der Waals surface area (Å²) in [4.78, 5) is 34.2. The first-order chi connectivity index (χ1) is 7.49. The summed E-state index contributed by atoms with van der Waals surface area (Å²) in [5.74, 6) is -1.18. The van der Waals surface area contributed by atoms with Gasteiger partial charge in [0.15, 0.2) is 0 Å². The highest BCUT2D eigenvalue weighted by Gasteiger charge is 2.27. The van der Waals surface area contributed by atoms with Crippen LogP contribution in [-0.2, 0) is 14.4 Å². The standard InChI is InChI=1S/C10H16N2O4/c1-7(13)11-5-9(14)12-3-2-8(6-12)4-10(15)16/h8H,2-6H2,1H3,(H,11,13)(H,15,16). The van der Waals surface area contributed by atoms with Crippen LogP contribution in [0.5, 0.6) is 0 Å². The number of carboxylic acid groups (broad SMARTS) is 1. The first-order valence-corrected chi connectivity index (χ1v) is 5.23. The van der Waals surface area contributed by atoms with E-state index in [2.05, 4.69) is 5.32 Å². The van der Waals surface area contributed by atoms with E-state index < -0.39 is 5.97 Å². The first kappa shape index (κ1) is 12.5. The molecule has 1 aliphatic rings. The van der Waals surface area contributed by atoms with Gasteiger partial charge in [-0.15, -0.1) is 0 Å². The van der Waals surface area contributed by atoms with E-state index >= 15 is 0 Å². The normalized spacial score (nSPS) is 19.6. The van der Waals surface area contributed by atoms with Gasteiger partial charge in [0.25, 0.3) is 0 Å². The summed E-state index contributed by atoms with van der Waals surface area (Å²) in [5.41, 5.74) is 0. The second-order valence-electron chi connectivity index (χ2n) is 4.00. The van der Waals surface area contributed by atoms with Crippen molar-refractivity contribution in [2.24, 2.45) is 5.92 Å². The Labute approximate surface area is 93.6 Å². The van der Waals surface area contributed by atoms with E-state index in [4.69, 9.17) is 5.11 Å². The molecule has 1 rings (SSSR count). The van der Waals surface area contributed by atoms with Crippen molar-refractivity contribution in [2.45, 2.75) is 19.8 Å². The number of hydrogen-bond acceptors (Lipinski definition) is 3. The van der Waals surface area contributed by atoms with Gasteiger partial charge >= 0.3 is 5.97 Å². The average Bonchev–Trinajstić information content (AvgIpc) is 2.61. The zero-order valence-corrected chi connectivity index (χ0v) is 9.23. The Morgan fingerprint density at radius 3 is 2.69 bits per heavy atom. The van der Waals surface area contributed by atoms with Crippen molar-refractivity contribution >= 4 is 17.8 Å². The molecule has 0 saturated carbocycles. The number of amides is 2. The Bertz CT molecular complexity index is 303. The number of nitrogens with one attached hydrogen (secondary N) is 1. The molecule has 2 amide bonds. The van der Waals surface area contributed by atoms with Crippen LogP contribution in [0.1, 0.15) is 19.8 Å². The number of carbonyl (C=O) groups excluding carboxylic acids is 2. The molecule has 1 heterocycles. The molecule has 0 bridgehead atoms. The van der Waals surface area contributed by atoms with Gasteiger partial charge in [0, 0.05) is 26.4 Å². The second kappa shape index (κ2) is 5.48. The summed E-state index contributed by atoms with van der Waals surface area (Å²) in [7, 11) is 0. The zero-order chi connectivity index (χ0) is 12.1. The molecular formula is C10H16N2O4. The van der Waals surface area contributed by atoms with E-state index in [0.29, 0.717) is 13.1 Å². The molecule has 1 aliphatic heterocycles. The third-order valence-electron chi connectivity index (χ3n) is 2.59. The summed E-state index contributed by atoms with van der Waals surface area (Å²) < 4.78 is 0. The van der Waals surface area contributed by atoms with Gasteiger partial charge in [-0.05, 0) is 12.3 Å². The number of carbonyl (C=O) groups is 3. The molecule has 0 aromatic carbocycles. The van der Waals surface area contributed by atoms with Crippen molar-refractivity contribution < 1.29 is 19.5 Å². The summed E-state index contributed by atoms with van der Waals surface area (Å²) in [6.07, 6.45) is 0.821. The Morgan fingerprint density at radius 2 is 2.12 bits per heavy atom. The minimum Gasteiger partial charge on any atom is -0.481 e. The summed E-state index contributed by atoms with van der Waals surface area (Å²) in [5, 5.41) is 11.0. The first-order valence-electron chi connectivity index (χ1n) is 5.23. The largest absolute Gasteiger partial charge is 0.481 e. The van der Waals surface area contributed by atoms with Crippen molar-refractivity contribution in [3.05, 3.63) is 0 Å². The zero-order valence-electron chi connectivity index (χ0n) is 9.23.